The SMILES string of the molecule is CC(NCc1ccc(O)cc1)c1nncn1C. The molecule has 0 aliphatic heterocycles. The highest BCUT2D eigenvalue weighted by Crippen LogP contribution is 2.12. The van der Waals surface area contributed by atoms with E-state index in [1.165, 1.54) is 0 Å². The van der Waals surface area contributed by atoms with E-state index in [9.17, 15) is 5.11 Å². The van der Waals surface area contributed by atoms with Crippen LogP contribution in [0.2, 0.25) is 0 Å². The molecule has 1 unspecified atom stereocenters. The monoisotopic (exact) mass is 232 g/mol. The van der Waals surface area contributed by atoms with Gasteiger partial charge in [-0.1, -0.05) is 12.1 Å². The van der Waals surface area contributed by atoms with Gasteiger partial charge >= 0.3 is 0 Å². The standard InChI is InChI=1S/C12H16N4O/c1-9(12-15-14-8-16(12)2)13-7-10-3-5-11(17)6-4-10/h3-6,8-9,13,17H,7H2,1-2H3. The second-order valence-corrected chi connectivity index (χ2v) is 4.07. The number of benzene rings is 1. The first-order valence-corrected chi connectivity index (χ1v) is 5.52. The first-order chi connectivity index (χ1) is 8.16. The van der Waals surface area contributed by atoms with Crippen LogP contribution in [0.3, 0.4) is 0 Å². The van der Waals surface area contributed by atoms with Gasteiger partial charge in [-0.15, -0.1) is 10.2 Å². The Morgan fingerprint density at radius 1 is 1.35 bits per heavy atom. The molecule has 0 spiro atoms. The minimum absolute atomic E-state index is 0.135. The van der Waals surface area contributed by atoms with Gasteiger partial charge in [0.15, 0.2) is 0 Å². The number of phenolic OH excluding ortho intramolecular Hbond substituents is 1. The van der Waals surface area contributed by atoms with Crippen LogP contribution in [-0.2, 0) is 13.6 Å². The molecular formula is C12H16N4O. The zero-order chi connectivity index (χ0) is 12.3. The summed E-state index contributed by atoms with van der Waals surface area (Å²) in [6.45, 7) is 2.78. The summed E-state index contributed by atoms with van der Waals surface area (Å²) >= 11 is 0. The summed E-state index contributed by atoms with van der Waals surface area (Å²) < 4.78 is 1.90. The largest absolute Gasteiger partial charge is 0.508 e. The van der Waals surface area contributed by atoms with E-state index in [0.29, 0.717) is 0 Å². The van der Waals surface area contributed by atoms with Crippen LogP contribution >= 0.6 is 0 Å². The molecule has 0 saturated carbocycles. The van der Waals surface area contributed by atoms with Crippen molar-refractivity contribution in [3.8, 4) is 5.75 Å². The van der Waals surface area contributed by atoms with Gasteiger partial charge in [0.1, 0.15) is 17.9 Å². The first-order valence-electron chi connectivity index (χ1n) is 5.52. The van der Waals surface area contributed by atoms with Crippen molar-refractivity contribution in [3.05, 3.63) is 42.0 Å². The van der Waals surface area contributed by atoms with E-state index in [0.717, 1.165) is 17.9 Å². The van der Waals surface area contributed by atoms with Gasteiger partial charge in [-0.3, -0.25) is 0 Å². The number of hydrogen-bond acceptors (Lipinski definition) is 4. The maximum Gasteiger partial charge on any atom is 0.149 e. The maximum atomic E-state index is 9.18. The summed E-state index contributed by atoms with van der Waals surface area (Å²) in [4.78, 5) is 0. The van der Waals surface area contributed by atoms with Crippen molar-refractivity contribution < 1.29 is 5.11 Å². The van der Waals surface area contributed by atoms with Crippen LogP contribution in [0.1, 0.15) is 24.4 Å². The molecule has 2 N–H and O–H groups in total. The van der Waals surface area contributed by atoms with Gasteiger partial charge in [-0.2, -0.15) is 0 Å². The van der Waals surface area contributed by atoms with Crippen LogP contribution in [0, 0.1) is 0 Å². The molecule has 0 amide bonds. The lowest BCUT2D eigenvalue weighted by molar-refractivity contribution is 0.474. The zero-order valence-electron chi connectivity index (χ0n) is 9.96. The minimum Gasteiger partial charge on any atom is -0.508 e. The van der Waals surface area contributed by atoms with Crippen LogP contribution < -0.4 is 5.32 Å². The highest BCUT2D eigenvalue weighted by molar-refractivity contribution is 5.25. The van der Waals surface area contributed by atoms with E-state index >= 15 is 0 Å². The summed E-state index contributed by atoms with van der Waals surface area (Å²) in [6, 6.07) is 7.29. The molecule has 90 valence electrons. The number of aromatic hydroxyl groups is 1. The Kier molecular flexibility index (Phi) is 3.39. The average molecular weight is 232 g/mol. The zero-order valence-corrected chi connectivity index (χ0v) is 9.96. The summed E-state index contributed by atoms with van der Waals surface area (Å²) in [5, 5.41) is 20.4. The predicted octanol–water partition coefficient (Wildman–Crippen LogP) is 1.37. The third-order valence-electron chi connectivity index (χ3n) is 2.68. The Hall–Kier alpha value is -1.88. The van der Waals surface area contributed by atoms with Crippen LogP contribution in [0.15, 0.2) is 30.6 Å². The summed E-state index contributed by atoms with van der Waals surface area (Å²) in [5.41, 5.74) is 1.12. The third kappa shape index (κ3) is 2.82. The van der Waals surface area contributed by atoms with Crippen molar-refractivity contribution in [3.63, 3.8) is 0 Å². The highest BCUT2D eigenvalue weighted by Gasteiger charge is 2.10. The predicted molar refractivity (Wildman–Crippen MR) is 64.4 cm³/mol. The van der Waals surface area contributed by atoms with Crippen LogP contribution in [0.4, 0.5) is 0 Å². The maximum absolute atomic E-state index is 9.18. The lowest BCUT2D eigenvalue weighted by Crippen LogP contribution is -2.21. The molecular weight excluding hydrogens is 216 g/mol. The molecule has 5 heteroatoms. The first kappa shape index (κ1) is 11.6. The average Bonchev–Trinajstić information content (AvgIpc) is 2.74. The van der Waals surface area contributed by atoms with E-state index in [1.54, 1.807) is 18.5 Å². The number of hydrogen-bond donors (Lipinski definition) is 2. The van der Waals surface area contributed by atoms with Crippen LogP contribution in [0.5, 0.6) is 5.75 Å². The molecule has 0 fully saturated rings. The van der Waals surface area contributed by atoms with Gasteiger partial charge in [0.25, 0.3) is 0 Å². The second kappa shape index (κ2) is 4.97. The Bertz CT molecular complexity index is 478. The topological polar surface area (TPSA) is 63.0 Å². The Labute approximate surface area is 100 Å². The van der Waals surface area contributed by atoms with Crippen LogP contribution in [-0.4, -0.2) is 19.9 Å². The van der Waals surface area contributed by atoms with Crippen molar-refractivity contribution >= 4 is 0 Å². The van der Waals surface area contributed by atoms with Gasteiger partial charge in [0, 0.05) is 13.6 Å². The molecule has 1 aromatic carbocycles. The van der Waals surface area contributed by atoms with Crippen molar-refractivity contribution in [1.29, 1.82) is 0 Å². The molecule has 2 rings (SSSR count). The molecule has 1 aromatic heterocycles. The van der Waals surface area contributed by atoms with E-state index in [-0.39, 0.29) is 11.8 Å². The normalized spacial score (nSPS) is 12.6. The highest BCUT2D eigenvalue weighted by atomic mass is 16.3. The van der Waals surface area contributed by atoms with Gasteiger partial charge in [0.2, 0.25) is 0 Å². The van der Waals surface area contributed by atoms with Gasteiger partial charge in [-0.05, 0) is 24.6 Å². The van der Waals surface area contributed by atoms with Crippen molar-refractivity contribution in [1.82, 2.24) is 20.1 Å². The molecule has 1 heterocycles. The number of phenols is 1. The van der Waals surface area contributed by atoms with Gasteiger partial charge in [-0.25, -0.2) is 0 Å². The van der Waals surface area contributed by atoms with Gasteiger partial charge in [0.05, 0.1) is 6.04 Å². The molecule has 5 nitrogen and oxygen atoms in total. The molecule has 0 radical (unpaired) electrons. The molecule has 0 aliphatic rings. The summed E-state index contributed by atoms with van der Waals surface area (Å²) in [6.07, 6.45) is 1.69. The lowest BCUT2D eigenvalue weighted by Gasteiger charge is -2.12. The Morgan fingerprint density at radius 2 is 2.06 bits per heavy atom. The number of rotatable bonds is 4. The molecule has 0 saturated heterocycles. The van der Waals surface area contributed by atoms with Crippen molar-refractivity contribution in [2.24, 2.45) is 7.05 Å². The second-order valence-electron chi connectivity index (χ2n) is 4.07. The van der Waals surface area contributed by atoms with E-state index < -0.39 is 0 Å². The molecule has 17 heavy (non-hydrogen) atoms. The number of nitrogens with zero attached hydrogens (tertiary/aromatic N) is 3. The van der Waals surface area contributed by atoms with E-state index in [2.05, 4.69) is 15.5 Å². The lowest BCUT2D eigenvalue weighted by atomic mass is 10.2. The Balaban J connectivity index is 1.94. The fraction of sp³-hybridized carbons (Fsp3) is 0.333. The third-order valence-corrected chi connectivity index (χ3v) is 2.68. The van der Waals surface area contributed by atoms with Crippen LogP contribution in [0.25, 0.3) is 0 Å². The number of nitrogens with one attached hydrogen (secondary N) is 1. The smallest absolute Gasteiger partial charge is 0.149 e. The van der Waals surface area contributed by atoms with E-state index in [1.807, 2.05) is 30.7 Å². The molecule has 1 atom stereocenters. The fourth-order valence-corrected chi connectivity index (χ4v) is 1.66. The van der Waals surface area contributed by atoms with Crippen molar-refractivity contribution in [2.45, 2.75) is 19.5 Å². The quantitative estimate of drug-likeness (QED) is 0.835. The summed E-state index contributed by atoms with van der Waals surface area (Å²) in [7, 11) is 1.92. The fourth-order valence-electron chi connectivity index (χ4n) is 1.66. The number of aromatic nitrogens is 3. The minimum atomic E-state index is 0.135. The number of aryl methyl sites for hydroxylation is 1. The molecule has 0 bridgehead atoms. The van der Waals surface area contributed by atoms with Gasteiger partial charge < -0.3 is 15.0 Å². The van der Waals surface area contributed by atoms with E-state index in [4.69, 9.17) is 0 Å². The Morgan fingerprint density at radius 3 is 2.65 bits per heavy atom. The summed E-state index contributed by atoms with van der Waals surface area (Å²) in [5.74, 6) is 1.19. The van der Waals surface area contributed by atoms with Crippen molar-refractivity contribution in [2.75, 3.05) is 0 Å². The molecule has 0 aliphatic carbocycles. The molecule has 2 aromatic rings.